The molecule has 0 spiro atoms. The van der Waals surface area contributed by atoms with Gasteiger partial charge in [0.15, 0.2) is 5.54 Å². The molecule has 0 amide bonds. The molecule has 1 aliphatic heterocycles. The molecule has 7 nitrogen and oxygen atoms in total. The lowest BCUT2D eigenvalue weighted by Crippen LogP contribution is -2.52. The van der Waals surface area contributed by atoms with Gasteiger partial charge in [-0.1, -0.05) is 49.9 Å². The molecule has 216 valence electrons. The van der Waals surface area contributed by atoms with Crippen molar-refractivity contribution in [3.05, 3.63) is 69.4 Å². The molecule has 41 heavy (non-hydrogen) atoms. The first-order chi connectivity index (χ1) is 19.2. The molecule has 3 heterocycles. The topological polar surface area (TPSA) is 77.1 Å². The number of hydrogen-bond acceptors (Lipinski definition) is 7. The highest BCUT2D eigenvalue weighted by atomic mass is 35.5. The van der Waals surface area contributed by atoms with Crippen LogP contribution in [0.15, 0.2) is 42.5 Å². The number of halogens is 5. The average Bonchev–Trinajstić information content (AvgIpc) is 3.58. The van der Waals surface area contributed by atoms with Crippen molar-refractivity contribution < 1.29 is 13.2 Å². The van der Waals surface area contributed by atoms with Crippen LogP contribution >= 0.6 is 23.2 Å². The van der Waals surface area contributed by atoms with Crippen molar-refractivity contribution >= 4 is 45.5 Å². The third-order valence-corrected chi connectivity index (χ3v) is 7.96. The molecule has 0 unspecified atom stereocenters. The van der Waals surface area contributed by atoms with Crippen LogP contribution in [0.2, 0.25) is 10.2 Å². The lowest BCUT2D eigenvalue weighted by molar-refractivity contribution is -0.195. The van der Waals surface area contributed by atoms with Gasteiger partial charge in [0, 0.05) is 36.2 Å². The van der Waals surface area contributed by atoms with E-state index in [2.05, 4.69) is 58.3 Å². The third kappa shape index (κ3) is 5.59. The molecular weight excluding hydrogens is 574 g/mol. The van der Waals surface area contributed by atoms with Gasteiger partial charge in [0.2, 0.25) is 0 Å². The van der Waals surface area contributed by atoms with E-state index in [-0.39, 0.29) is 18.3 Å². The smallest absolute Gasteiger partial charge is 0.383 e. The van der Waals surface area contributed by atoms with Crippen LogP contribution in [0, 0.1) is 24.7 Å². The van der Waals surface area contributed by atoms with Gasteiger partial charge in [-0.15, -0.1) is 12.0 Å². The Bertz CT molecular complexity index is 1570. The zero-order valence-electron chi connectivity index (χ0n) is 23.0. The van der Waals surface area contributed by atoms with E-state index in [1.165, 1.54) is 6.20 Å². The van der Waals surface area contributed by atoms with Gasteiger partial charge in [0.05, 0.1) is 33.5 Å². The fourth-order valence-corrected chi connectivity index (χ4v) is 5.24. The van der Waals surface area contributed by atoms with Crippen LogP contribution in [0.4, 0.5) is 24.5 Å². The Morgan fingerprint density at radius 2 is 1.93 bits per heavy atom. The second-order valence-electron chi connectivity index (χ2n) is 11.6. The summed E-state index contributed by atoms with van der Waals surface area (Å²) in [6.45, 7) is 8.78. The van der Waals surface area contributed by atoms with Gasteiger partial charge in [0.25, 0.3) is 0 Å². The first-order valence-corrected chi connectivity index (χ1v) is 13.8. The summed E-state index contributed by atoms with van der Waals surface area (Å²) in [7, 11) is 0. The van der Waals surface area contributed by atoms with E-state index in [9.17, 15) is 13.2 Å². The molecule has 1 saturated carbocycles. The number of nitrogens with one attached hydrogen (secondary N) is 4. The lowest BCUT2D eigenvalue weighted by atomic mass is 9.96. The van der Waals surface area contributed by atoms with E-state index in [0.717, 1.165) is 16.3 Å². The Labute approximate surface area is 246 Å². The fraction of sp³-hybridized carbons (Fsp3) is 0.379. The molecule has 1 atom stereocenters. The van der Waals surface area contributed by atoms with Crippen LogP contribution in [0.5, 0.6) is 0 Å². The number of rotatable bonds is 7. The summed E-state index contributed by atoms with van der Waals surface area (Å²) < 4.78 is 41.6. The third-order valence-electron chi connectivity index (χ3n) is 7.29. The van der Waals surface area contributed by atoms with Crippen molar-refractivity contribution in [2.75, 3.05) is 17.2 Å². The van der Waals surface area contributed by atoms with Crippen LogP contribution in [-0.4, -0.2) is 33.2 Å². The Hall–Kier alpha value is -3.39. The van der Waals surface area contributed by atoms with Gasteiger partial charge < -0.3 is 16.1 Å². The number of hydrazine groups is 2. The zero-order chi connectivity index (χ0) is 29.7. The molecular formula is C29H30Cl2F3N7. The number of pyridine rings is 2. The number of aromatic nitrogens is 2. The Morgan fingerprint density at radius 3 is 2.56 bits per heavy atom. The molecule has 2 aliphatic rings. The molecule has 5 rings (SSSR count). The molecule has 0 saturated heterocycles. The number of nitrogens with zero attached hydrogens (tertiary/aromatic N) is 3. The molecule has 12 heteroatoms. The second kappa shape index (κ2) is 10.5. The fourth-order valence-electron chi connectivity index (χ4n) is 4.81. The maximum absolute atomic E-state index is 13.9. The Balaban J connectivity index is 1.59. The van der Waals surface area contributed by atoms with Crippen LogP contribution in [0.25, 0.3) is 10.9 Å². The predicted octanol–water partition coefficient (Wildman–Crippen LogP) is 7.10. The van der Waals surface area contributed by atoms with Crippen molar-refractivity contribution in [3.8, 4) is 12.3 Å². The number of anilines is 2. The van der Waals surface area contributed by atoms with E-state index >= 15 is 0 Å². The van der Waals surface area contributed by atoms with Crippen LogP contribution in [-0.2, 0) is 0 Å². The maximum Gasteiger partial charge on any atom is 0.413 e. The van der Waals surface area contributed by atoms with E-state index in [0.29, 0.717) is 50.1 Å². The van der Waals surface area contributed by atoms with Gasteiger partial charge in [-0.3, -0.25) is 9.99 Å². The summed E-state index contributed by atoms with van der Waals surface area (Å²) in [4.78, 5) is 8.63. The maximum atomic E-state index is 13.9. The van der Waals surface area contributed by atoms with Gasteiger partial charge in [-0.25, -0.2) is 4.98 Å². The van der Waals surface area contributed by atoms with Gasteiger partial charge >= 0.3 is 6.18 Å². The van der Waals surface area contributed by atoms with E-state index < -0.39 is 17.8 Å². The van der Waals surface area contributed by atoms with Crippen molar-refractivity contribution in [3.63, 3.8) is 0 Å². The van der Waals surface area contributed by atoms with E-state index in [1.807, 2.05) is 13.0 Å². The average molecular weight is 605 g/mol. The molecule has 3 aromatic rings. The molecule has 1 aliphatic carbocycles. The minimum Gasteiger partial charge on any atom is -0.383 e. The minimum absolute atomic E-state index is 0.00229. The van der Waals surface area contributed by atoms with Crippen molar-refractivity contribution in [1.82, 2.24) is 25.9 Å². The van der Waals surface area contributed by atoms with Crippen molar-refractivity contribution in [2.45, 2.75) is 58.3 Å². The van der Waals surface area contributed by atoms with Crippen LogP contribution in [0.1, 0.15) is 56.3 Å². The summed E-state index contributed by atoms with van der Waals surface area (Å²) >= 11 is 13.1. The highest BCUT2D eigenvalue weighted by Gasteiger charge is 2.67. The Morgan fingerprint density at radius 1 is 1.20 bits per heavy atom. The van der Waals surface area contributed by atoms with Crippen LogP contribution in [0.3, 0.4) is 0 Å². The first-order valence-electron chi connectivity index (χ1n) is 13.0. The molecule has 0 radical (unpaired) electrons. The number of benzene rings is 1. The predicted molar refractivity (Wildman–Crippen MR) is 157 cm³/mol. The van der Waals surface area contributed by atoms with Crippen molar-refractivity contribution in [1.29, 1.82) is 0 Å². The van der Waals surface area contributed by atoms with E-state index in [1.54, 1.807) is 24.5 Å². The van der Waals surface area contributed by atoms with E-state index in [4.69, 9.17) is 29.6 Å². The Kier molecular flexibility index (Phi) is 7.43. The number of terminal acetylenes is 1. The molecule has 1 aromatic carbocycles. The monoisotopic (exact) mass is 603 g/mol. The number of hydrogen-bond donors (Lipinski definition) is 4. The number of fused-ring (bicyclic) bond motifs is 1. The molecule has 1 fully saturated rings. The summed E-state index contributed by atoms with van der Waals surface area (Å²) in [5.41, 5.74) is 8.01. The minimum atomic E-state index is -4.39. The van der Waals surface area contributed by atoms with Gasteiger partial charge in [0.1, 0.15) is 5.15 Å². The van der Waals surface area contributed by atoms with Crippen LogP contribution < -0.4 is 21.6 Å². The largest absolute Gasteiger partial charge is 0.413 e. The molecule has 4 N–H and O–H groups in total. The zero-order valence-corrected chi connectivity index (χ0v) is 24.5. The van der Waals surface area contributed by atoms with Gasteiger partial charge in [-0.2, -0.15) is 13.2 Å². The second-order valence-corrected chi connectivity index (χ2v) is 12.3. The highest BCUT2D eigenvalue weighted by Crippen LogP contribution is 2.54. The number of alkyl halides is 3. The first kappa shape index (κ1) is 29.1. The quantitative estimate of drug-likeness (QED) is 0.169. The normalized spacial score (nSPS) is 17.1. The highest BCUT2D eigenvalue weighted by molar-refractivity contribution is 6.36. The SMILES string of the molecule is C#Cc1cnc2c(Cl)cc(N[C@H](C3=CN(C4(C(F)(F)F)CC4)NN3)c3ccnc(Cl)c3C)cc2c1NCC(C)(C)C. The standard InChI is InChI=1S/C29H30Cl2F3N7/c1-6-17-13-36-24-20(23(17)37-15-27(3,4)5)11-18(12-21(24)30)38-25(19-7-10-35-26(31)16(19)2)22-14-41(40-39-22)28(8-9-28)29(32,33)34/h1,7,10-14,25,38-40H,8-9,15H2,2-5H3,(H,36,37)/t25-/m0/s1. The lowest BCUT2D eigenvalue weighted by Gasteiger charge is -2.28. The molecule has 0 bridgehead atoms. The summed E-state index contributed by atoms with van der Waals surface area (Å²) in [6, 6.07) is 4.74. The molecule has 2 aromatic heterocycles. The van der Waals surface area contributed by atoms with Gasteiger partial charge in [-0.05, 0) is 54.5 Å². The summed E-state index contributed by atoms with van der Waals surface area (Å²) in [5.74, 6) is 2.69. The summed E-state index contributed by atoms with van der Waals surface area (Å²) in [6.07, 6.45) is 6.04. The van der Waals surface area contributed by atoms with Crippen molar-refractivity contribution in [2.24, 2.45) is 5.41 Å². The summed E-state index contributed by atoms with van der Waals surface area (Å²) in [5, 5.41) is 9.40.